The van der Waals surface area contributed by atoms with Crippen LogP contribution in [0.25, 0.3) is 0 Å². The summed E-state index contributed by atoms with van der Waals surface area (Å²) < 4.78 is 12.7. The Labute approximate surface area is 188 Å². The fourth-order valence-corrected chi connectivity index (χ4v) is 6.01. The minimum atomic E-state index is -0.399. The second-order valence-electron chi connectivity index (χ2n) is 11.8. The summed E-state index contributed by atoms with van der Waals surface area (Å²) in [6.45, 7) is 15.1. The normalized spacial score (nSPS) is 34.6. The molecule has 0 bridgehead atoms. The first-order chi connectivity index (χ1) is 14.5. The molecule has 0 aromatic carbocycles. The van der Waals surface area contributed by atoms with Crippen molar-refractivity contribution in [1.29, 1.82) is 0 Å². The molecule has 0 aromatic heterocycles. The predicted octanol–water partition coefficient (Wildman–Crippen LogP) is 4.48. The van der Waals surface area contributed by atoms with Gasteiger partial charge in [-0.1, -0.05) is 6.42 Å². The Morgan fingerprint density at radius 1 is 0.903 bits per heavy atom. The van der Waals surface area contributed by atoms with E-state index in [-0.39, 0.29) is 24.2 Å². The first-order valence-electron chi connectivity index (χ1n) is 12.4. The topological polar surface area (TPSA) is 42.0 Å². The molecule has 5 aliphatic rings. The second kappa shape index (κ2) is 7.20. The van der Waals surface area contributed by atoms with Crippen molar-refractivity contribution in [2.75, 3.05) is 13.1 Å². The van der Waals surface area contributed by atoms with E-state index in [1.54, 1.807) is 0 Å². The van der Waals surface area contributed by atoms with Gasteiger partial charge < -0.3 is 19.1 Å². The Morgan fingerprint density at radius 3 is 2.13 bits per heavy atom. The Kier molecular flexibility index (Phi) is 5.04. The Morgan fingerprint density at radius 2 is 1.52 bits per heavy atom. The Balaban J connectivity index is 1.37. The summed E-state index contributed by atoms with van der Waals surface area (Å²) in [5.74, 6) is 0.283. The smallest absolute Gasteiger partial charge is 0.400 e. The minimum absolute atomic E-state index is 0.283. The molecule has 0 N–H and O–H groups in total. The zero-order valence-corrected chi connectivity index (χ0v) is 20.3. The van der Waals surface area contributed by atoms with Gasteiger partial charge in [-0.15, -0.1) is 0 Å². The lowest BCUT2D eigenvalue weighted by molar-refractivity contribution is -0.138. The fourth-order valence-electron chi connectivity index (χ4n) is 6.01. The third-order valence-corrected chi connectivity index (χ3v) is 8.98. The van der Waals surface area contributed by atoms with Gasteiger partial charge >= 0.3 is 7.12 Å². The van der Waals surface area contributed by atoms with Crippen molar-refractivity contribution in [3.63, 3.8) is 0 Å². The number of carbonyl (C=O) groups is 1. The van der Waals surface area contributed by atoms with E-state index in [1.807, 2.05) is 0 Å². The Bertz CT molecular complexity index is 816. The van der Waals surface area contributed by atoms with Gasteiger partial charge in [-0.25, -0.2) is 0 Å². The van der Waals surface area contributed by atoms with E-state index in [1.165, 1.54) is 43.4 Å². The molecule has 3 fully saturated rings. The van der Waals surface area contributed by atoms with Crippen LogP contribution >= 0.6 is 0 Å². The molecule has 1 saturated carbocycles. The molecule has 6 heteroatoms. The number of hydrogen-bond acceptors (Lipinski definition) is 4. The number of allylic oxidation sites excluding steroid dienone is 2. The van der Waals surface area contributed by atoms with Crippen LogP contribution in [0, 0.1) is 5.41 Å². The number of rotatable bonds is 3. The molecule has 0 aromatic rings. The van der Waals surface area contributed by atoms with Gasteiger partial charge in [0.25, 0.3) is 0 Å². The van der Waals surface area contributed by atoms with Gasteiger partial charge in [0.05, 0.1) is 16.6 Å². The van der Waals surface area contributed by atoms with Crippen LogP contribution in [0.15, 0.2) is 22.8 Å². The highest BCUT2D eigenvalue weighted by Crippen LogP contribution is 2.50. The van der Waals surface area contributed by atoms with Gasteiger partial charge in [-0.05, 0) is 110 Å². The number of amides is 1. The monoisotopic (exact) mass is 426 g/mol. The number of piperidine rings is 1. The summed E-state index contributed by atoms with van der Waals surface area (Å²) in [6, 6.07) is 0.987. The zero-order chi connectivity index (χ0) is 22.2. The van der Waals surface area contributed by atoms with Crippen LogP contribution in [0.5, 0.6) is 0 Å². The average Bonchev–Trinajstić information content (AvgIpc) is 3.02. The highest BCUT2D eigenvalue weighted by Gasteiger charge is 2.55. The summed E-state index contributed by atoms with van der Waals surface area (Å²) in [5.41, 5.74) is 2.55. The molecule has 2 saturated heterocycles. The molecule has 3 heterocycles. The van der Waals surface area contributed by atoms with E-state index in [9.17, 15) is 4.79 Å². The molecule has 2 aliphatic carbocycles. The summed E-state index contributed by atoms with van der Waals surface area (Å²) >= 11 is 0. The molecule has 0 radical (unpaired) electrons. The van der Waals surface area contributed by atoms with Crippen molar-refractivity contribution >= 4 is 13.0 Å². The summed E-state index contributed by atoms with van der Waals surface area (Å²) in [7, 11) is -0.317. The average molecular weight is 426 g/mol. The number of hydrogen-bond donors (Lipinski definition) is 0. The number of likely N-dealkylation sites (tertiary alicyclic amines) is 1. The molecular formula is C25H39BN2O3. The molecule has 1 amide bonds. The van der Waals surface area contributed by atoms with Crippen LogP contribution in [0.4, 0.5) is 0 Å². The van der Waals surface area contributed by atoms with E-state index < -0.39 is 5.41 Å². The molecule has 31 heavy (non-hydrogen) atoms. The molecule has 5 rings (SSSR count). The van der Waals surface area contributed by atoms with Gasteiger partial charge in [0.1, 0.15) is 0 Å². The SMILES string of the molecule is CC1(C)C(=O)N(C2CC(N3CCCCC3)C2)C2=C1CCC(B1OC(C)(C)C(C)(C)O1)=C2. The lowest BCUT2D eigenvalue weighted by Crippen LogP contribution is -2.56. The summed E-state index contributed by atoms with van der Waals surface area (Å²) in [5, 5.41) is 0. The molecule has 170 valence electrons. The fraction of sp³-hybridized carbons (Fsp3) is 0.800. The lowest BCUT2D eigenvalue weighted by atomic mass is 9.70. The predicted molar refractivity (Wildman–Crippen MR) is 123 cm³/mol. The van der Waals surface area contributed by atoms with Crippen molar-refractivity contribution < 1.29 is 14.1 Å². The first kappa shape index (κ1) is 21.7. The maximum absolute atomic E-state index is 13.5. The van der Waals surface area contributed by atoms with E-state index in [4.69, 9.17) is 9.31 Å². The van der Waals surface area contributed by atoms with Crippen LogP contribution in [0.3, 0.4) is 0 Å². The van der Waals surface area contributed by atoms with E-state index in [0.29, 0.717) is 12.1 Å². The minimum Gasteiger partial charge on any atom is -0.400 e. The number of carbonyl (C=O) groups excluding carboxylic acids is 1. The van der Waals surface area contributed by atoms with Crippen LogP contribution in [-0.2, 0) is 14.1 Å². The standard InChI is InChI=1S/C25H39BN2O3/c1-23(2)20-11-10-17(26-30-24(3,4)25(5,6)31-26)14-21(20)28(22(23)29)19-15-18(16-19)27-12-8-7-9-13-27/h14,18-19H,7-13,15-16H2,1-6H3. The maximum Gasteiger partial charge on any atom is 0.490 e. The highest BCUT2D eigenvalue weighted by atomic mass is 16.7. The van der Waals surface area contributed by atoms with Gasteiger partial charge in [0, 0.05) is 17.8 Å². The highest BCUT2D eigenvalue weighted by molar-refractivity contribution is 6.54. The van der Waals surface area contributed by atoms with Gasteiger partial charge in [0.15, 0.2) is 0 Å². The van der Waals surface area contributed by atoms with E-state index >= 15 is 0 Å². The molecular weight excluding hydrogens is 387 g/mol. The Hall–Kier alpha value is -1.11. The molecule has 0 unspecified atom stereocenters. The first-order valence-corrected chi connectivity index (χ1v) is 12.4. The largest absolute Gasteiger partial charge is 0.490 e. The summed E-state index contributed by atoms with van der Waals surface area (Å²) in [6.07, 6.45) is 10.3. The molecule has 5 nitrogen and oxygen atoms in total. The van der Waals surface area contributed by atoms with Crippen molar-refractivity contribution in [1.82, 2.24) is 9.80 Å². The van der Waals surface area contributed by atoms with Gasteiger partial charge in [0.2, 0.25) is 5.91 Å². The van der Waals surface area contributed by atoms with Crippen molar-refractivity contribution in [2.45, 2.75) is 110 Å². The lowest BCUT2D eigenvalue weighted by Gasteiger charge is -2.48. The van der Waals surface area contributed by atoms with Crippen molar-refractivity contribution in [2.24, 2.45) is 5.41 Å². The van der Waals surface area contributed by atoms with E-state index in [2.05, 4.69) is 57.4 Å². The van der Waals surface area contributed by atoms with Crippen LogP contribution < -0.4 is 0 Å². The van der Waals surface area contributed by atoms with Crippen LogP contribution in [0.2, 0.25) is 0 Å². The van der Waals surface area contributed by atoms with Crippen molar-refractivity contribution in [3.05, 3.63) is 22.8 Å². The zero-order valence-electron chi connectivity index (χ0n) is 20.3. The van der Waals surface area contributed by atoms with Crippen molar-refractivity contribution in [3.8, 4) is 0 Å². The number of nitrogens with zero attached hydrogens (tertiary/aromatic N) is 2. The van der Waals surface area contributed by atoms with Crippen LogP contribution in [0.1, 0.15) is 86.5 Å². The molecule has 3 aliphatic heterocycles. The summed E-state index contributed by atoms with van der Waals surface area (Å²) in [4.78, 5) is 18.3. The maximum atomic E-state index is 13.5. The van der Waals surface area contributed by atoms with Gasteiger partial charge in [-0.3, -0.25) is 4.79 Å². The van der Waals surface area contributed by atoms with E-state index in [0.717, 1.165) is 31.4 Å². The van der Waals surface area contributed by atoms with Crippen LogP contribution in [-0.4, -0.2) is 59.2 Å². The van der Waals surface area contributed by atoms with Gasteiger partial charge in [-0.2, -0.15) is 0 Å². The molecule has 0 atom stereocenters. The third kappa shape index (κ3) is 3.36. The second-order valence-corrected chi connectivity index (χ2v) is 11.8. The third-order valence-electron chi connectivity index (χ3n) is 8.98. The quantitative estimate of drug-likeness (QED) is 0.625. The molecule has 0 spiro atoms.